The van der Waals surface area contributed by atoms with Crippen LogP contribution in [0.2, 0.25) is 0 Å². The molecule has 3 nitrogen and oxygen atoms in total. The highest BCUT2D eigenvalue weighted by Gasteiger charge is 2.08. The average molecular weight is 243 g/mol. The molecule has 0 unspecified atom stereocenters. The van der Waals surface area contributed by atoms with E-state index in [9.17, 15) is 4.39 Å². The van der Waals surface area contributed by atoms with Crippen molar-refractivity contribution in [2.24, 2.45) is 0 Å². The zero-order valence-electron chi connectivity index (χ0n) is 9.68. The van der Waals surface area contributed by atoms with Gasteiger partial charge in [0.2, 0.25) is 5.89 Å². The molecule has 0 saturated carbocycles. The van der Waals surface area contributed by atoms with Gasteiger partial charge in [-0.2, -0.15) is 0 Å². The van der Waals surface area contributed by atoms with Crippen molar-refractivity contribution >= 4 is 11.1 Å². The van der Waals surface area contributed by atoms with Crippen LogP contribution < -0.4 is 4.74 Å². The number of fused-ring (bicyclic) bond motifs is 1. The molecule has 0 fully saturated rings. The minimum atomic E-state index is -0.333. The van der Waals surface area contributed by atoms with Crippen LogP contribution in [0.4, 0.5) is 4.39 Å². The highest BCUT2D eigenvalue weighted by atomic mass is 19.1. The van der Waals surface area contributed by atoms with Crippen molar-refractivity contribution in [3.05, 3.63) is 48.3 Å². The average Bonchev–Trinajstić information content (AvgIpc) is 2.81. The lowest BCUT2D eigenvalue weighted by atomic mass is 10.2. The van der Waals surface area contributed by atoms with Crippen molar-refractivity contribution in [2.75, 3.05) is 7.11 Å². The number of hydrogen-bond acceptors (Lipinski definition) is 3. The predicted molar refractivity (Wildman–Crippen MR) is 66.0 cm³/mol. The van der Waals surface area contributed by atoms with Gasteiger partial charge in [-0.3, -0.25) is 0 Å². The molecule has 0 spiro atoms. The van der Waals surface area contributed by atoms with E-state index in [0.717, 1.165) is 11.3 Å². The van der Waals surface area contributed by atoms with Crippen molar-refractivity contribution in [1.29, 1.82) is 0 Å². The first-order valence-electron chi connectivity index (χ1n) is 5.47. The van der Waals surface area contributed by atoms with Crippen molar-refractivity contribution in [2.45, 2.75) is 0 Å². The second-order valence-corrected chi connectivity index (χ2v) is 3.86. The van der Waals surface area contributed by atoms with Gasteiger partial charge in [0.25, 0.3) is 0 Å². The van der Waals surface area contributed by atoms with Gasteiger partial charge in [0.05, 0.1) is 7.11 Å². The van der Waals surface area contributed by atoms with Crippen LogP contribution in [0, 0.1) is 5.82 Å². The molecule has 0 aliphatic heterocycles. The maximum atomic E-state index is 13.0. The van der Waals surface area contributed by atoms with Crippen molar-refractivity contribution in [3.63, 3.8) is 0 Å². The summed E-state index contributed by atoms with van der Waals surface area (Å²) in [5.74, 6) is 0.902. The minimum absolute atomic E-state index is 0.333. The lowest BCUT2D eigenvalue weighted by Crippen LogP contribution is -1.82. The molecule has 1 aromatic heterocycles. The van der Waals surface area contributed by atoms with Crippen molar-refractivity contribution in [3.8, 4) is 17.2 Å². The third-order valence-electron chi connectivity index (χ3n) is 2.69. The number of oxazole rings is 1. The molecule has 0 amide bonds. The Balaban J connectivity index is 2.07. The number of nitrogens with zero attached hydrogens (tertiary/aromatic N) is 1. The number of halogens is 1. The van der Waals surface area contributed by atoms with E-state index in [1.807, 2.05) is 24.3 Å². The van der Waals surface area contributed by atoms with Gasteiger partial charge < -0.3 is 9.15 Å². The fourth-order valence-corrected chi connectivity index (χ4v) is 1.76. The van der Waals surface area contributed by atoms with Crippen molar-refractivity contribution in [1.82, 2.24) is 4.98 Å². The maximum absolute atomic E-state index is 13.0. The minimum Gasteiger partial charge on any atom is -0.497 e. The summed E-state index contributed by atoms with van der Waals surface area (Å²) in [5, 5.41) is 0. The van der Waals surface area contributed by atoms with Gasteiger partial charge in [0.15, 0.2) is 5.58 Å². The Hall–Kier alpha value is -2.36. The lowest BCUT2D eigenvalue weighted by molar-refractivity contribution is 0.415. The van der Waals surface area contributed by atoms with Gasteiger partial charge in [-0.15, -0.1) is 0 Å². The monoisotopic (exact) mass is 243 g/mol. The summed E-state index contributed by atoms with van der Waals surface area (Å²) >= 11 is 0. The van der Waals surface area contributed by atoms with Gasteiger partial charge in [-0.25, -0.2) is 9.37 Å². The van der Waals surface area contributed by atoms with E-state index in [4.69, 9.17) is 9.15 Å². The van der Waals surface area contributed by atoms with E-state index in [2.05, 4.69) is 4.98 Å². The number of aromatic nitrogens is 1. The van der Waals surface area contributed by atoms with E-state index in [-0.39, 0.29) is 5.82 Å². The van der Waals surface area contributed by atoms with Crippen LogP contribution in [0.15, 0.2) is 46.9 Å². The summed E-state index contributed by atoms with van der Waals surface area (Å²) in [5.41, 5.74) is 1.91. The highest BCUT2D eigenvalue weighted by Crippen LogP contribution is 2.26. The van der Waals surface area contributed by atoms with Crippen LogP contribution in [-0.2, 0) is 0 Å². The largest absolute Gasteiger partial charge is 0.497 e. The summed E-state index contributed by atoms with van der Waals surface area (Å²) in [7, 11) is 1.61. The number of methoxy groups -OCH3 is 1. The summed E-state index contributed by atoms with van der Waals surface area (Å²) < 4.78 is 23.6. The molecule has 0 radical (unpaired) electrons. The molecule has 0 saturated heterocycles. The fraction of sp³-hybridized carbons (Fsp3) is 0.0714. The third-order valence-corrected chi connectivity index (χ3v) is 2.69. The molecule has 1 heterocycles. The molecular formula is C14H10FNO2. The molecule has 2 aromatic carbocycles. The van der Waals surface area contributed by atoms with Gasteiger partial charge >= 0.3 is 0 Å². The molecule has 4 heteroatoms. The molecule has 0 aliphatic carbocycles. The summed E-state index contributed by atoms with van der Waals surface area (Å²) in [6.07, 6.45) is 0. The van der Waals surface area contributed by atoms with Gasteiger partial charge in [-0.1, -0.05) is 0 Å². The lowest BCUT2D eigenvalue weighted by Gasteiger charge is -1.99. The Morgan fingerprint density at radius 3 is 2.61 bits per heavy atom. The molecule has 0 N–H and O–H groups in total. The SMILES string of the molecule is COc1ccc(-c2nc3ccc(F)cc3o2)cc1. The van der Waals surface area contributed by atoms with Crippen LogP contribution in [0.3, 0.4) is 0 Å². The van der Waals surface area contributed by atoms with Crippen LogP contribution in [-0.4, -0.2) is 12.1 Å². The number of ether oxygens (including phenoxy) is 1. The second kappa shape index (κ2) is 4.14. The number of benzene rings is 2. The molecule has 18 heavy (non-hydrogen) atoms. The van der Waals surface area contributed by atoms with E-state index >= 15 is 0 Å². The third kappa shape index (κ3) is 1.82. The molecular weight excluding hydrogens is 233 g/mol. The molecule has 0 bridgehead atoms. The Morgan fingerprint density at radius 1 is 1.11 bits per heavy atom. The molecule has 3 rings (SSSR count). The summed E-state index contributed by atoms with van der Waals surface area (Å²) in [6.45, 7) is 0. The first kappa shape index (κ1) is 10.8. The van der Waals surface area contributed by atoms with E-state index in [0.29, 0.717) is 17.0 Å². The number of hydrogen-bond donors (Lipinski definition) is 0. The molecule has 0 aliphatic rings. The molecule has 90 valence electrons. The smallest absolute Gasteiger partial charge is 0.227 e. The maximum Gasteiger partial charge on any atom is 0.227 e. The Morgan fingerprint density at radius 2 is 1.89 bits per heavy atom. The van der Waals surface area contributed by atoms with Crippen LogP contribution >= 0.6 is 0 Å². The normalized spacial score (nSPS) is 10.8. The Kier molecular flexibility index (Phi) is 2.48. The summed E-state index contributed by atoms with van der Waals surface area (Å²) in [4.78, 5) is 4.31. The van der Waals surface area contributed by atoms with Gasteiger partial charge in [0, 0.05) is 11.6 Å². The second-order valence-electron chi connectivity index (χ2n) is 3.86. The summed E-state index contributed by atoms with van der Waals surface area (Å²) in [6, 6.07) is 11.6. The standard InChI is InChI=1S/C14H10FNO2/c1-17-11-5-2-9(3-6-11)14-16-12-7-4-10(15)8-13(12)18-14/h2-8H,1H3. The van der Waals surface area contributed by atoms with Crippen LogP contribution in [0.5, 0.6) is 5.75 Å². The van der Waals surface area contributed by atoms with Crippen LogP contribution in [0.1, 0.15) is 0 Å². The van der Waals surface area contributed by atoms with E-state index in [1.165, 1.54) is 12.1 Å². The Labute approximate surface area is 103 Å². The van der Waals surface area contributed by atoms with E-state index in [1.54, 1.807) is 13.2 Å². The zero-order chi connectivity index (χ0) is 12.5. The predicted octanol–water partition coefficient (Wildman–Crippen LogP) is 3.64. The fourth-order valence-electron chi connectivity index (χ4n) is 1.76. The number of rotatable bonds is 2. The molecule has 0 atom stereocenters. The first-order valence-corrected chi connectivity index (χ1v) is 5.47. The van der Waals surface area contributed by atoms with Crippen molar-refractivity contribution < 1.29 is 13.5 Å². The van der Waals surface area contributed by atoms with Gasteiger partial charge in [0.1, 0.15) is 17.1 Å². The highest BCUT2D eigenvalue weighted by molar-refractivity contribution is 5.76. The zero-order valence-corrected chi connectivity index (χ0v) is 9.68. The van der Waals surface area contributed by atoms with Gasteiger partial charge in [-0.05, 0) is 36.4 Å². The topological polar surface area (TPSA) is 35.3 Å². The molecule has 3 aromatic rings. The Bertz CT molecular complexity index is 689. The first-order chi connectivity index (χ1) is 8.76. The van der Waals surface area contributed by atoms with Crippen LogP contribution in [0.25, 0.3) is 22.6 Å². The van der Waals surface area contributed by atoms with E-state index < -0.39 is 0 Å². The quantitative estimate of drug-likeness (QED) is 0.689.